The van der Waals surface area contributed by atoms with Gasteiger partial charge >= 0.3 is 12.4 Å². The molecule has 1 aliphatic rings. The van der Waals surface area contributed by atoms with Crippen LogP contribution in [0.3, 0.4) is 0 Å². The van der Waals surface area contributed by atoms with Gasteiger partial charge in [-0.2, -0.15) is 26.3 Å². The first-order chi connectivity index (χ1) is 42.3. The van der Waals surface area contributed by atoms with Crippen molar-refractivity contribution in [1.82, 2.24) is 55.6 Å². The van der Waals surface area contributed by atoms with Gasteiger partial charge in [-0.1, -0.05) is 77.8 Å². The number of nitrogens with zero attached hydrogens (tertiary/aromatic N) is 7. The SMILES string of the molecule is CC[C@H](C)[C@@H]1NC(=O)[C@H](C)N(C)C(=O)C[C@@H](C)N(C)C(=O)[C@@H](CC(C)C)NC(=O)C(C)(C)N(C)C(=O)[C@H](CC(C)C)NC(=O)[C@H](CCc2ccc(C(F)(F)F)c(Cl)c2)NC(=O)CN(C)C(=O)[C@H](Cc2ccc(C(F)(F)F)cc2)N(C)C(=O)CN(C)C(=O)CN(C)C1=O. The Labute approximate surface area is 540 Å². The Morgan fingerprint density at radius 2 is 1.11 bits per heavy atom. The Morgan fingerprint density at radius 1 is 0.576 bits per heavy atom. The average molecular weight is 1330 g/mol. The molecular formula is C63H92ClF6N11O11. The topological polar surface area (TPSA) is 259 Å². The zero-order valence-corrected chi connectivity index (χ0v) is 56.4. The molecule has 4 N–H and O–H groups in total. The normalized spacial score (nSPS) is 23.7. The minimum absolute atomic E-state index is 0.0423. The van der Waals surface area contributed by atoms with Crippen molar-refractivity contribution in [3.8, 4) is 0 Å². The predicted molar refractivity (Wildman–Crippen MR) is 331 cm³/mol. The van der Waals surface area contributed by atoms with E-state index in [4.69, 9.17) is 11.6 Å². The fourth-order valence-electron chi connectivity index (χ4n) is 9.97. The van der Waals surface area contributed by atoms with Crippen LogP contribution in [0.4, 0.5) is 26.3 Å². The van der Waals surface area contributed by atoms with Gasteiger partial charge < -0.3 is 55.6 Å². The quantitative estimate of drug-likeness (QED) is 0.214. The summed E-state index contributed by atoms with van der Waals surface area (Å²) in [6, 6.07) is -2.37. The van der Waals surface area contributed by atoms with Crippen molar-refractivity contribution in [2.24, 2.45) is 17.8 Å². The molecule has 29 heteroatoms. The summed E-state index contributed by atoms with van der Waals surface area (Å²) >= 11 is 6.05. The van der Waals surface area contributed by atoms with Crippen LogP contribution in [0.1, 0.15) is 124 Å². The third-order valence-electron chi connectivity index (χ3n) is 16.8. The third kappa shape index (κ3) is 21.8. The molecule has 0 spiro atoms. The number of benzene rings is 2. The largest absolute Gasteiger partial charge is 0.417 e. The van der Waals surface area contributed by atoms with Gasteiger partial charge in [0.2, 0.25) is 65.0 Å². The Hall–Kier alpha value is -7.52. The minimum Gasteiger partial charge on any atom is -0.343 e. The molecule has 1 saturated heterocycles. The first kappa shape index (κ1) is 78.7. The number of hydrogen-bond acceptors (Lipinski definition) is 11. The van der Waals surface area contributed by atoms with Crippen LogP contribution in [0.2, 0.25) is 5.02 Å². The smallest absolute Gasteiger partial charge is 0.343 e. The number of carbonyl (C=O) groups is 11. The molecule has 92 heavy (non-hydrogen) atoms. The maximum atomic E-state index is 14.7. The lowest BCUT2D eigenvalue weighted by atomic mass is 9.95. The molecule has 8 atom stereocenters. The van der Waals surface area contributed by atoms with E-state index in [9.17, 15) is 79.1 Å². The Morgan fingerprint density at radius 3 is 1.63 bits per heavy atom. The summed E-state index contributed by atoms with van der Waals surface area (Å²) in [5.41, 5.74) is -3.56. The lowest BCUT2D eigenvalue weighted by Crippen LogP contribution is -2.63. The fraction of sp³-hybridized carbons (Fsp3) is 0.635. The predicted octanol–water partition coefficient (Wildman–Crippen LogP) is 5.17. The van der Waals surface area contributed by atoms with Crippen molar-refractivity contribution in [3.63, 3.8) is 0 Å². The van der Waals surface area contributed by atoms with Crippen LogP contribution >= 0.6 is 11.6 Å². The second kappa shape index (κ2) is 33.4. The number of carbonyl (C=O) groups excluding carboxylic acids is 11. The van der Waals surface area contributed by atoms with Gasteiger partial charge in [-0.3, -0.25) is 52.7 Å². The van der Waals surface area contributed by atoms with Gasteiger partial charge in [-0.05, 0) is 107 Å². The Balaban J connectivity index is 2.23. The number of halogens is 7. The zero-order chi connectivity index (χ0) is 70.4. The van der Waals surface area contributed by atoms with Gasteiger partial charge in [0.15, 0.2) is 0 Å². The van der Waals surface area contributed by atoms with Crippen molar-refractivity contribution in [2.45, 2.75) is 174 Å². The lowest BCUT2D eigenvalue weighted by Gasteiger charge is -2.39. The molecule has 22 nitrogen and oxygen atoms in total. The van der Waals surface area contributed by atoms with Gasteiger partial charge in [0.25, 0.3) is 0 Å². The highest BCUT2D eigenvalue weighted by molar-refractivity contribution is 6.31. The van der Waals surface area contributed by atoms with Gasteiger partial charge in [0.1, 0.15) is 41.8 Å². The molecule has 0 saturated carbocycles. The van der Waals surface area contributed by atoms with Crippen LogP contribution in [0.25, 0.3) is 0 Å². The van der Waals surface area contributed by atoms with E-state index in [-0.39, 0.29) is 55.1 Å². The second-order valence-corrected chi connectivity index (χ2v) is 25.8. The molecule has 0 radical (unpaired) electrons. The van der Waals surface area contributed by atoms with Crippen molar-refractivity contribution >= 4 is 76.6 Å². The first-order valence-electron chi connectivity index (χ1n) is 30.4. The van der Waals surface area contributed by atoms with Crippen LogP contribution < -0.4 is 21.3 Å². The number of alkyl halides is 6. The van der Waals surface area contributed by atoms with Crippen LogP contribution in [0.5, 0.6) is 0 Å². The number of likely N-dealkylation sites (N-methyl/N-ethyl adjacent to an activating group) is 7. The van der Waals surface area contributed by atoms with Crippen molar-refractivity contribution < 1.29 is 79.1 Å². The van der Waals surface area contributed by atoms with Crippen molar-refractivity contribution in [2.75, 3.05) is 69.0 Å². The number of nitrogens with one attached hydrogen (secondary N) is 4. The highest BCUT2D eigenvalue weighted by atomic mass is 35.5. The van der Waals surface area contributed by atoms with Crippen LogP contribution in [-0.4, -0.2) is 216 Å². The molecule has 0 bridgehead atoms. The first-order valence-corrected chi connectivity index (χ1v) is 30.8. The lowest BCUT2D eigenvalue weighted by molar-refractivity contribution is -0.149. The fourth-order valence-corrected chi connectivity index (χ4v) is 10.3. The van der Waals surface area contributed by atoms with E-state index >= 15 is 0 Å². The molecule has 11 amide bonds. The molecular weight excluding hydrogens is 1240 g/mol. The van der Waals surface area contributed by atoms with E-state index in [1.165, 1.54) is 68.0 Å². The molecule has 3 rings (SSSR count). The summed E-state index contributed by atoms with van der Waals surface area (Å²) < 4.78 is 82.2. The number of amides is 11. The Kier molecular flexibility index (Phi) is 28.5. The molecule has 1 aliphatic heterocycles. The molecule has 514 valence electrons. The zero-order valence-electron chi connectivity index (χ0n) is 55.7. The highest BCUT2D eigenvalue weighted by Gasteiger charge is 2.43. The van der Waals surface area contributed by atoms with Gasteiger partial charge in [-0.15, -0.1) is 0 Å². The van der Waals surface area contributed by atoms with Gasteiger partial charge in [-0.25, -0.2) is 0 Å². The van der Waals surface area contributed by atoms with Gasteiger partial charge in [0, 0.05) is 68.2 Å². The molecule has 0 unspecified atom stereocenters. The number of rotatable bonds is 11. The van der Waals surface area contributed by atoms with Crippen LogP contribution in [-0.2, 0) is 77.9 Å². The summed E-state index contributed by atoms with van der Waals surface area (Å²) in [5, 5.41) is 10.1. The summed E-state index contributed by atoms with van der Waals surface area (Å²) in [6.07, 6.45) is -10.4. The monoisotopic (exact) mass is 1330 g/mol. The van der Waals surface area contributed by atoms with E-state index in [0.29, 0.717) is 6.42 Å². The standard InChI is InChI=1S/C63H92ClF6N11O11/c1-18-37(6)53-59(91)77(13)33-51(84)75(11)34-52(85)80(16)48(31-41-19-23-42(24-20-41)62(65,66)67)58(90)76(12)32-49(82)71-45(26-22-40-21-25-43(44(64)30-40)63(68,69)70)55(87)72-47(28-36(4)5)57(89)81(17)61(9,10)60(92)73-46(27-35(2)3)56(88)78(14)38(7)29-50(83)79(15)39(8)54(86)74-53/h19-21,23-25,30,35-39,45-48,53H,18,22,26-29,31-34H2,1-17H3,(H,71,82)(H,72,87)(H,73,92)(H,74,86)/t37-,38+,39-,45-,46+,47-,48-,53-/m0/s1. The summed E-state index contributed by atoms with van der Waals surface area (Å²) in [6.45, 7) is 14.2. The summed E-state index contributed by atoms with van der Waals surface area (Å²) in [4.78, 5) is 164. The summed E-state index contributed by atoms with van der Waals surface area (Å²) in [7, 11) is 9.01. The van der Waals surface area contributed by atoms with E-state index in [1.807, 2.05) is 13.8 Å². The minimum atomic E-state index is -4.81. The molecule has 0 aliphatic carbocycles. The number of hydrogen-bond donors (Lipinski definition) is 4. The van der Waals surface area contributed by atoms with Crippen molar-refractivity contribution in [3.05, 3.63) is 69.7 Å². The maximum Gasteiger partial charge on any atom is 0.417 e. The van der Waals surface area contributed by atoms with Crippen LogP contribution in [0, 0.1) is 17.8 Å². The molecule has 1 fully saturated rings. The molecule has 2 aromatic carbocycles. The van der Waals surface area contributed by atoms with Gasteiger partial charge in [0.05, 0.1) is 35.8 Å². The van der Waals surface area contributed by atoms with Crippen LogP contribution in [0.15, 0.2) is 42.5 Å². The molecule has 0 aromatic heterocycles. The van der Waals surface area contributed by atoms with E-state index in [1.54, 1.807) is 34.6 Å². The van der Waals surface area contributed by atoms with E-state index in [0.717, 1.165) is 78.9 Å². The number of aryl methyl sites for hydroxylation is 1. The Bertz CT molecular complexity index is 2990. The maximum absolute atomic E-state index is 14.7. The second-order valence-electron chi connectivity index (χ2n) is 25.4. The molecule has 1 heterocycles. The highest BCUT2D eigenvalue weighted by Crippen LogP contribution is 2.35. The molecule has 2 aromatic rings. The average Bonchev–Trinajstić information content (AvgIpc) is 0.888. The van der Waals surface area contributed by atoms with E-state index < -0.39 is 173 Å². The third-order valence-corrected chi connectivity index (χ3v) is 17.2. The van der Waals surface area contributed by atoms with E-state index in [2.05, 4.69) is 21.3 Å². The van der Waals surface area contributed by atoms with Crippen molar-refractivity contribution in [1.29, 1.82) is 0 Å². The summed E-state index contributed by atoms with van der Waals surface area (Å²) in [5.74, 6) is -9.75.